The second-order valence-electron chi connectivity index (χ2n) is 7.55. The number of amides is 1. The Hall–Kier alpha value is -2.26. The lowest BCUT2D eigenvalue weighted by Crippen LogP contribution is -2.52. The van der Waals surface area contributed by atoms with Crippen LogP contribution in [0.15, 0.2) is 18.5 Å². The molecule has 0 radical (unpaired) electrons. The van der Waals surface area contributed by atoms with Crippen molar-refractivity contribution in [2.45, 2.75) is 38.6 Å². The lowest BCUT2D eigenvalue weighted by atomic mass is 9.97. The van der Waals surface area contributed by atoms with Crippen molar-refractivity contribution in [1.29, 1.82) is 0 Å². The summed E-state index contributed by atoms with van der Waals surface area (Å²) in [6.07, 6.45) is 6.52. The Morgan fingerprint density at radius 3 is 2.62 bits per heavy atom. The molecular weight excluding hydrogens is 372 g/mol. The molecule has 1 aromatic rings. The van der Waals surface area contributed by atoms with Crippen LogP contribution in [0.2, 0.25) is 0 Å². The molecule has 0 spiro atoms. The van der Waals surface area contributed by atoms with E-state index in [1.165, 1.54) is 0 Å². The van der Waals surface area contributed by atoms with Crippen molar-refractivity contribution < 1.29 is 14.3 Å². The molecule has 9 nitrogen and oxygen atoms in total. The first-order chi connectivity index (χ1) is 14.1. The first-order valence-electron chi connectivity index (χ1n) is 10.4. The van der Waals surface area contributed by atoms with E-state index in [2.05, 4.69) is 30.4 Å². The molecule has 2 heterocycles. The maximum atomic E-state index is 11.8. The molecule has 0 aromatic carbocycles. The van der Waals surface area contributed by atoms with Gasteiger partial charge in [0.25, 0.3) is 0 Å². The topological polar surface area (TPSA) is 99.7 Å². The predicted molar refractivity (Wildman–Crippen MR) is 112 cm³/mol. The summed E-state index contributed by atoms with van der Waals surface area (Å²) in [7, 11) is 0. The largest absolute Gasteiger partial charge is 0.466 e. The molecule has 29 heavy (non-hydrogen) atoms. The van der Waals surface area contributed by atoms with Crippen molar-refractivity contribution in [2.75, 3.05) is 57.3 Å². The molecule has 0 saturated carbocycles. The number of rotatable bonds is 13. The molecule has 1 amide bonds. The molecule has 0 aliphatic carbocycles. The van der Waals surface area contributed by atoms with E-state index in [1.54, 1.807) is 19.3 Å². The van der Waals surface area contributed by atoms with E-state index in [9.17, 15) is 9.59 Å². The molecule has 1 aliphatic rings. The minimum atomic E-state index is -0.505. The quantitative estimate of drug-likeness (QED) is 0.276. The fourth-order valence-corrected chi connectivity index (χ4v) is 3.46. The van der Waals surface area contributed by atoms with Crippen LogP contribution >= 0.6 is 0 Å². The average molecular weight is 407 g/mol. The summed E-state index contributed by atoms with van der Waals surface area (Å²) in [6.45, 7) is 10.2. The summed E-state index contributed by atoms with van der Waals surface area (Å²) in [6, 6.07) is 1.83. The average Bonchev–Trinajstić information content (AvgIpc) is 2.73. The van der Waals surface area contributed by atoms with Gasteiger partial charge in [-0.15, -0.1) is 0 Å². The van der Waals surface area contributed by atoms with E-state index in [4.69, 9.17) is 4.74 Å². The van der Waals surface area contributed by atoms with Gasteiger partial charge >= 0.3 is 5.97 Å². The lowest BCUT2D eigenvalue weighted by molar-refractivity contribution is -0.144. The summed E-state index contributed by atoms with van der Waals surface area (Å²) in [5, 5.41) is 6.09. The van der Waals surface area contributed by atoms with Gasteiger partial charge in [-0.2, -0.15) is 0 Å². The fourth-order valence-electron chi connectivity index (χ4n) is 3.46. The van der Waals surface area contributed by atoms with Crippen molar-refractivity contribution in [3.05, 3.63) is 18.5 Å². The van der Waals surface area contributed by atoms with Gasteiger partial charge in [0, 0.05) is 50.7 Å². The maximum absolute atomic E-state index is 11.8. The van der Waals surface area contributed by atoms with Gasteiger partial charge in [-0.1, -0.05) is 0 Å². The number of carbonyl (C=O) groups is 2. The Bertz CT molecular complexity index is 609. The van der Waals surface area contributed by atoms with E-state index >= 15 is 0 Å². The normalized spacial score (nSPS) is 16.8. The van der Waals surface area contributed by atoms with Gasteiger partial charge in [-0.05, 0) is 45.8 Å². The molecule has 1 saturated heterocycles. The number of piperazine rings is 1. The fraction of sp³-hybridized carbons (Fsp3) is 0.700. The first-order valence-corrected chi connectivity index (χ1v) is 10.4. The Morgan fingerprint density at radius 2 is 1.97 bits per heavy atom. The molecule has 9 heteroatoms. The van der Waals surface area contributed by atoms with Crippen LogP contribution in [0.4, 0.5) is 5.95 Å². The highest BCUT2D eigenvalue weighted by Crippen LogP contribution is 2.12. The van der Waals surface area contributed by atoms with Crippen LogP contribution in [0.1, 0.15) is 33.1 Å². The van der Waals surface area contributed by atoms with Crippen molar-refractivity contribution in [1.82, 2.24) is 25.5 Å². The van der Waals surface area contributed by atoms with Gasteiger partial charge in [0.2, 0.25) is 12.4 Å². The number of carbonyl (C=O) groups excluding carboxylic acids is 2. The van der Waals surface area contributed by atoms with Gasteiger partial charge in [0.15, 0.2) is 0 Å². The Balaban J connectivity index is 1.64. The van der Waals surface area contributed by atoms with Gasteiger partial charge in [0.05, 0.1) is 13.0 Å². The monoisotopic (exact) mass is 406 g/mol. The number of unbranched alkanes of at least 4 members (excludes halogenated alkanes) is 1. The van der Waals surface area contributed by atoms with Crippen LogP contribution in [0, 0.1) is 0 Å². The molecule has 1 fully saturated rings. The zero-order chi connectivity index (χ0) is 21.0. The molecule has 1 aromatic heterocycles. The summed E-state index contributed by atoms with van der Waals surface area (Å²) in [5.74, 6) is 0.552. The smallest absolute Gasteiger partial charge is 0.307 e. The van der Waals surface area contributed by atoms with Gasteiger partial charge in [-0.3, -0.25) is 14.5 Å². The number of anilines is 1. The van der Waals surface area contributed by atoms with Crippen LogP contribution in [0.25, 0.3) is 0 Å². The molecule has 1 aliphatic heterocycles. The van der Waals surface area contributed by atoms with Gasteiger partial charge in [-0.25, -0.2) is 9.97 Å². The number of hydrogen-bond acceptors (Lipinski definition) is 8. The number of ether oxygens (including phenoxy) is 1. The standard InChI is InChI=1S/C20H34N6O3/c1-3-29-18(28)15-20(2,16-21-17-27)24-9-4-5-10-25-11-13-26(14-12-25)19-22-7-6-8-23-19/h6-8,17,24H,3-5,9-16H2,1-2H3,(H,21,27). The van der Waals surface area contributed by atoms with Crippen molar-refractivity contribution in [2.24, 2.45) is 0 Å². The molecule has 2 rings (SSSR count). The van der Waals surface area contributed by atoms with Crippen molar-refractivity contribution in [3.8, 4) is 0 Å². The van der Waals surface area contributed by atoms with Crippen LogP contribution in [-0.2, 0) is 14.3 Å². The van der Waals surface area contributed by atoms with Crippen LogP contribution in [0.5, 0.6) is 0 Å². The molecule has 162 valence electrons. The number of nitrogens with zero attached hydrogens (tertiary/aromatic N) is 4. The number of aromatic nitrogens is 2. The second kappa shape index (κ2) is 12.3. The Morgan fingerprint density at radius 1 is 1.24 bits per heavy atom. The van der Waals surface area contributed by atoms with Crippen LogP contribution in [0.3, 0.4) is 0 Å². The minimum absolute atomic E-state index is 0.227. The van der Waals surface area contributed by atoms with E-state index in [0.29, 0.717) is 19.6 Å². The molecule has 1 unspecified atom stereocenters. The zero-order valence-electron chi connectivity index (χ0n) is 17.6. The highest BCUT2D eigenvalue weighted by Gasteiger charge is 2.27. The summed E-state index contributed by atoms with van der Waals surface area (Å²) < 4.78 is 5.05. The Kier molecular flexibility index (Phi) is 9.79. The van der Waals surface area contributed by atoms with E-state index in [1.807, 2.05) is 13.0 Å². The van der Waals surface area contributed by atoms with Crippen LogP contribution < -0.4 is 15.5 Å². The number of nitrogens with one attached hydrogen (secondary N) is 2. The third kappa shape index (κ3) is 8.33. The highest BCUT2D eigenvalue weighted by atomic mass is 16.5. The molecule has 1 atom stereocenters. The number of esters is 1. The van der Waals surface area contributed by atoms with Crippen LogP contribution in [-0.4, -0.2) is 85.2 Å². The molecular formula is C20H34N6O3. The summed E-state index contributed by atoms with van der Waals surface area (Å²) in [4.78, 5) is 35.8. The minimum Gasteiger partial charge on any atom is -0.466 e. The Labute approximate surface area is 173 Å². The lowest BCUT2D eigenvalue weighted by Gasteiger charge is -2.34. The SMILES string of the molecule is CCOC(=O)CC(C)(CNC=O)NCCCCN1CCN(c2ncccn2)CC1. The second-order valence-corrected chi connectivity index (χ2v) is 7.55. The van der Waals surface area contributed by atoms with E-state index in [0.717, 1.165) is 58.1 Å². The predicted octanol–water partition coefficient (Wildman–Crippen LogP) is 0.426. The van der Waals surface area contributed by atoms with Crippen molar-refractivity contribution in [3.63, 3.8) is 0 Å². The third-order valence-corrected chi connectivity index (χ3v) is 5.08. The maximum Gasteiger partial charge on any atom is 0.307 e. The third-order valence-electron chi connectivity index (χ3n) is 5.08. The van der Waals surface area contributed by atoms with E-state index < -0.39 is 5.54 Å². The van der Waals surface area contributed by atoms with Gasteiger partial charge in [0.1, 0.15) is 0 Å². The molecule has 0 bridgehead atoms. The zero-order valence-corrected chi connectivity index (χ0v) is 17.6. The van der Waals surface area contributed by atoms with Crippen molar-refractivity contribution >= 4 is 18.3 Å². The summed E-state index contributed by atoms with van der Waals surface area (Å²) >= 11 is 0. The molecule has 2 N–H and O–H groups in total. The van der Waals surface area contributed by atoms with E-state index in [-0.39, 0.29) is 12.4 Å². The summed E-state index contributed by atoms with van der Waals surface area (Å²) in [5.41, 5.74) is -0.505. The van der Waals surface area contributed by atoms with Gasteiger partial charge < -0.3 is 20.3 Å². The number of hydrogen-bond donors (Lipinski definition) is 2. The highest BCUT2D eigenvalue weighted by molar-refractivity contribution is 5.71. The first kappa shape index (κ1) is 23.0.